The van der Waals surface area contributed by atoms with Gasteiger partial charge < -0.3 is 5.11 Å². The topological polar surface area (TPSA) is 80.9 Å². The van der Waals surface area contributed by atoms with Crippen molar-refractivity contribution >= 4 is 33.5 Å². The number of hydrogen-bond donors (Lipinski definition) is 1. The van der Waals surface area contributed by atoms with Crippen molar-refractivity contribution in [2.45, 2.75) is 13.0 Å². The van der Waals surface area contributed by atoms with Gasteiger partial charge in [-0.3, -0.25) is 4.79 Å². The largest absolute Gasteiger partial charge is 0.481 e. The normalized spacial score (nSPS) is 10.6. The highest BCUT2D eigenvalue weighted by Gasteiger charge is 2.13. The van der Waals surface area contributed by atoms with E-state index in [2.05, 4.69) is 31.5 Å². The third kappa shape index (κ3) is 2.85. The molecule has 0 aliphatic rings. The molecule has 0 atom stereocenters. The fraction of sp³-hybridized carbons (Fsp3) is 0.200. The molecule has 0 radical (unpaired) electrons. The van der Waals surface area contributed by atoms with Gasteiger partial charge in [-0.05, 0) is 28.6 Å². The molecule has 0 saturated heterocycles. The van der Waals surface area contributed by atoms with Crippen molar-refractivity contribution in [1.29, 1.82) is 0 Å². The molecule has 1 N–H and O–H groups in total. The van der Waals surface area contributed by atoms with Gasteiger partial charge in [0.05, 0.1) is 18.0 Å². The predicted octanol–water partition coefficient (Wildman–Crippen LogP) is 2.23. The van der Waals surface area contributed by atoms with Crippen LogP contribution in [0.25, 0.3) is 11.4 Å². The number of nitrogens with zero attached hydrogens (tertiary/aromatic N) is 4. The molecule has 0 amide bonds. The Kier molecular flexibility index (Phi) is 3.93. The summed E-state index contributed by atoms with van der Waals surface area (Å²) in [7, 11) is 0. The molecule has 0 unspecified atom stereocenters. The number of hydrogen-bond acceptors (Lipinski definition) is 4. The lowest BCUT2D eigenvalue weighted by Gasteiger charge is -2.05. The zero-order valence-corrected chi connectivity index (χ0v) is 11.4. The second-order valence-corrected chi connectivity index (χ2v) is 4.82. The Balaban J connectivity index is 2.33. The number of carboxylic acid groups (broad SMARTS) is 1. The second kappa shape index (κ2) is 5.45. The number of halogens is 2. The van der Waals surface area contributed by atoms with Gasteiger partial charge in [-0.25, -0.2) is 4.68 Å². The first-order valence-corrected chi connectivity index (χ1v) is 6.18. The van der Waals surface area contributed by atoms with Crippen LogP contribution in [0.3, 0.4) is 0 Å². The van der Waals surface area contributed by atoms with Crippen LogP contribution < -0.4 is 0 Å². The van der Waals surface area contributed by atoms with Crippen molar-refractivity contribution < 1.29 is 9.90 Å². The molecule has 0 fully saturated rings. The maximum Gasteiger partial charge on any atom is 0.305 e. The molecule has 2 rings (SSSR count). The summed E-state index contributed by atoms with van der Waals surface area (Å²) < 4.78 is 2.27. The Bertz CT molecular complexity index is 587. The number of benzene rings is 1. The van der Waals surface area contributed by atoms with Crippen molar-refractivity contribution in [2.75, 3.05) is 0 Å². The van der Waals surface area contributed by atoms with Gasteiger partial charge >= 0.3 is 5.97 Å². The van der Waals surface area contributed by atoms with Crippen LogP contribution in [0.15, 0.2) is 22.7 Å². The average molecular weight is 332 g/mol. The van der Waals surface area contributed by atoms with Crippen molar-refractivity contribution in [2.24, 2.45) is 0 Å². The molecule has 0 spiro atoms. The average Bonchev–Trinajstić information content (AvgIpc) is 2.74. The van der Waals surface area contributed by atoms with Crippen LogP contribution in [0.4, 0.5) is 0 Å². The van der Waals surface area contributed by atoms with Crippen molar-refractivity contribution in [3.8, 4) is 11.4 Å². The molecule has 6 nitrogen and oxygen atoms in total. The first kappa shape index (κ1) is 13.0. The molecular formula is C10H8BrClN4O2. The lowest BCUT2D eigenvalue weighted by molar-refractivity contribution is -0.137. The molecule has 0 aliphatic carbocycles. The number of aromatic nitrogens is 4. The van der Waals surface area contributed by atoms with E-state index in [1.165, 1.54) is 4.68 Å². The van der Waals surface area contributed by atoms with Crippen molar-refractivity contribution in [1.82, 2.24) is 20.2 Å². The van der Waals surface area contributed by atoms with Gasteiger partial charge in [-0.2, -0.15) is 0 Å². The maximum absolute atomic E-state index is 10.5. The predicted molar refractivity (Wildman–Crippen MR) is 68.2 cm³/mol. The van der Waals surface area contributed by atoms with E-state index >= 15 is 0 Å². The van der Waals surface area contributed by atoms with Gasteiger partial charge in [0.15, 0.2) is 5.82 Å². The first-order valence-electron chi connectivity index (χ1n) is 5.01. The van der Waals surface area contributed by atoms with Crippen LogP contribution >= 0.6 is 27.5 Å². The van der Waals surface area contributed by atoms with Crippen molar-refractivity contribution in [3.63, 3.8) is 0 Å². The minimum absolute atomic E-state index is 0.0494. The summed E-state index contributed by atoms with van der Waals surface area (Å²) in [5.41, 5.74) is 0.662. The number of tetrazole rings is 1. The van der Waals surface area contributed by atoms with Gasteiger partial charge in [0.2, 0.25) is 0 Å². The van der Waals surface area contributed by atoms with Crippen molar-refractivity contribution in [3.05, 3.63) is 27.7 Å². The summed E-state index contributed by atoms with van der Waals surface area (Å²) in [6.07, 6.45) is -0.0494. The number of aliphatic carboxylic acids is 1. The summed E-state index contributed by atoms with van der Waals surface area (Å²) in [4.78, 5) is 10.5. The van der Waals surface area contributed by atoms with E-state index in [1.54, 1.807) is 12.1 Å². The highest BCUT2D eigenvalue weighted by molar-refractivity contribution is 9.10. The first-order chi connectivity index (χ1) is 8.58. The van der Waals surface area contributed by atoms with Crippen LogP contribution in [0.1, 0.15) is 6.42 Å². The quantitative estimate of drug-likeness (QED) is 0.929. The molecular weight excluding hydrogens is 323 g/mol. The SMILES string of the molecule is O=C(O)CCn1nnnc1-c1ccc(Br)cc1Cl. The Morgan fingerprint density at radius 2 is 2.28 bits per heavy atom. The minimum atomic E-state index is -0.904. The fourth-order valence-electron chi connectivity index (χ4n) is 1.42. The molecule has 1 heterocycles. The smallest absolute Gasteiger partial charge is 0.305 e. The van der Waals surface area contributed by atoms with Gasteiger partial charge in [0.1, 0.15) is 0 Å². The molecule has 0 saturated carbocycles. The summed E-state index contributed by atoms with van der Waals surface area (Å²) in [5, 5.41) is 20.3. The van der Waals surface area contributed by atoms with Gasteiger partial charge in [0, 0.05) is 10.0 Å². The van der Waals surface area contributed by atoms with Crippen LogP contribution in [-0.4, -0.2) is 31.3 Å². The fourth-order valence-corrected chi connectivity index (χ4v) is 2.18. The monoisotopic (exact) mass is 330 g/mol. The second-order valence-electron chi connectivity index (χ2n) is 3.49. The highest BCUT2D eigenvalue weighted by Crippen LogP contribution is 2.28. The molecule has 18 heavy (non-hydrogen) atoms. The molecule has 2 aromatic rings. The van der Waals surface area contributed by atoms with Crippen LogP contribution in [0.5, 0.6) is 0 Å². The van der Waals surface area contributed by atoms with E-state index in [9.17, 15) is 4.79 Å². The van der Waals surface area contributed by atoms with E-state index in [-0.39, 0.29) is 13.0 Å². The van der Waals surface area contributed by atoms with Gasteiger partial charge in [-0.1, -0.05) is 27.5 Å². The lowest BCUT2D eigenvalue weighted by Crippen LogP contribution is -2.07. The Morgan fingerprint density at radius 3 is 2.94 bits per heavy atom. The molecule has 1 aromatic carbocycles. The molecule has 94 valence electrons. The summed E-state index contributed by atoms with van der Waals surface area (Å²) in [5.74, 6) is -0.452. The van der Waals surface area contributed by atoms with Crippen LogP contribution in [0, 0.1) is 0 Å². The van der Waals surface area contributed by atoms with Gasteiger partial charge in [-0.15, -0.1) is 5.10 Å². The van der Waals surface area contributed by atoms with E-state index in [0.29, 0.717) is 16.4 Å². The van der Waals surface area contributed by atoms with Gasteiger partial charge in [0.25, 0.3) is 0 Å². The molecule has 0 aliphatic heterocycles. The Morgan fingerprint density at radius 1 is 1.50 bits per heavy atom. The number of carbonyl (C=O) groups is 1. The molecule has 1 aromatic heterocycles. The Labute approximate surface area is 116 Å². The summed E-state index contributed by atoms with van der Waals surface area (Å²) in [6.45, 7) is 0.198. The lowest BCUT2D eigenvalue weighted by atomic mass is 10.2. The maximum atomic E-state index is 10.5. The summed E-state index contributed by atoms with van der Waals surface area (Å²) in [6, 6.07) is 5.32. The van der Waals surface area contributed by atoms with E-state index < -0.39 is 5.97 Å². The molecule has 8 heteroatoms. The Hall–Kier alpha value is -1.47. The standard InChI is InChI=1S/C10H8BrClN4O2/c11-6-1-2-7(8(12)5-6)10-13-14-15-16(10)4-3-9(17)18/h1-2,5H,3-4H2,(H,17,18). The molecule has 0 bridgehead atoms. The van der Waals surface area contributed by atoms with E-state index in [0.717, 1.165) is 4.47 Å². The zero-order chi connectivity index (χ0) is 13.1. The van der Waals surface area contributed by atoms with E-state index in [4.69, 9.17) is 16.7 Å². The summed E-state index contributed by atoms with van der Waals surface area (Å²) >= 11 is 9.41. The number of carboxylic acids is 1. The third-order valence-corrected chi connectivity index (χ3v) is 3.05. The third-order valence-electron chi connectivity index (χ3n) is 2.24. The zero-order valence-electron chi connectivity index (χ0n) is 9.05. The van der Waals surface area contributed by atoms with Crippen LogP contribution in [-0.2, 0) is 11.3 Å². The number of aryl methyl sites for hydroxylation is 1. The highest BCUT2D eigenvalue weighted by atomic mass is 79.9. The van der Waals surface area contributed by atoms with Crippen LogP contribution in [0.2, 0.25) is 5.02 Å². The van der Waals surface area contributed by atoms with E-state index in [1.807, 2.05) is 6.07 Å². The minimum Gasteiger partial charge on any atom is -0.481 e. The number of rotatable bonds is 4.